The molecular formula is C18H21ClN2O5. The van der Waals surface area contributed by atoms with Gasteiger partial charge in [0, 0.05) is 36.0 Å². The third-order valence-electron chi connectivity index (χ3n) is 4.33. The smallest absolute Gasteiger partial charge is 0.306 e. The van der Waals surface area contributed by atoms with Gasteiger partial charge in [-0.15, -0.1) is 0 Å². The number of benzene rings is 1. The van der Waals surface area contributed by atoms with Crippen molar-refractivity contribution in [2.45, 2.75) is 25.7 Å². The van der Waals surface area contributed by atoms with Crippen molar-refractivity contribution in [1.82, 2.24) is 4.90 Å². The second-order valence-electron chi connectivity index (χ2n) is 6.15. The highest BCUT2D eigenvalue weighted by molar-refractivity contribution is 6.30. The van der Waals surface area contributed by atoms with Gasteiger partial charge >= 0.3 is 5.97 Å². The van der Waals surface area contributed by atoms with Gasteiger partial charge in [0.05, 0.1) is 6.42 Å². The van der Waals surface area contributed by atoms with Crippen LogP contribution in [-0.2, 0) is 19.1 Å². The van der Waals surface area contributed by atoms with E-state index in [0.29, 0.717) is 36.5 Å². The van der Waals surface area contributed by atoms with Gasteiger partial charge in [-0.05, 0) is 37.1 Å². The highest BCUT2D eigenvalue weighted by Crippen LogP contribution is 2.17. The number of nitrogens with two attached hydrogens (primary N) is 1. The number of rotatable bonds is 7. The van der Waals surface area contributed by atoms with Gasteiger partial charge in [0.25, 0.3) is 5.91 Å². The Bertz CT molecular complexity index is 681. The molecule has 0 atom stereocenters. The third kappa shape index (κ3) is 5.84. The van der Waals surface area contributed by atoms with Crippen molar-refractivity contribution < 1.29 is 23.9 Å². The first-order valence-corrected chi connectivity index (χ1v) is 8.76. The molecule has 1 heterocycles. The molecule has 0 aliphatic carbocycles. The molecule has 1 aliphatic rings. The number of ketones is 1. The van der Waals surface area contributed by atoms with Gasteiger partial charge in [-0.1, -0.05) is 11.6 Å². The van der Waals surface area contributed by atoms with Crippen LogP contribution in [0.3, 0.4) is 0 Å². The first-order valence-electron chi connectivity index (χ1n) is 8.38. The molecule has 1 aromatic rings. The number of halogens is 1. The van der Waals surface area contributed by atoms with Gasteiger partial charge in [-0.3, -0.25) is 19.2 Å². The minimum Gasteiger partial charge on any atom is -0.456 e. The standard InChI is InChI=1S/C18H21ClN2O5/c19-14-3-1-12(2-4-14)15(22)5-6-17(24)26-11-16(23)21-9-7-13(8-10-21)18(20)25/h1-4,13H,5-11H2,(H2,20,25). The van der Waals surface area contributed by atoms with E-state index in [9.17, 15) is 19.2 Å². The van der Waals surface area contributed by atoms with E-state index in [0.717, 1.165) is 0 Å². The molecule has 26 heavy (non-hydrogen) atoms. The SMILES string of the molecule is NC(=O)C1CCN(C(=O)COC(=O)CCC(=O)c2ccc(Cl)cc2)CC1. The lowest BCUT2D eigenvalue weighted by molar-refractivity contribution is -0.152. The van der Waals surface area contributed by atoms with Crippen LogP contribution in [0.15, 0.2) is 24.3 Å². The molecule has 1 fully saturated rings. The molecule has 0 bridgehead atoms. The quantitative estimate of drug-likeness (QED) is 0.570. The molecule has 2 amide bonds. The number of likely N-dealkylation sites (tertiary alicyclic amines) is 1. The number of hydrogen-bond donors (Lipinski definition) is 1. The summed E-state index contributed by atoms with van der Waals surface area (Å²) < 4.78 is 4.94. The van der Waals surface area contributed by atoms with E-state index in [1.165, 1.54) is 0 Å². The fourth-order valence-corrected chi connectivity index (χ4v) is 2.84. The number of Topliss-reactive ketones (excluding diaryl/α,β-unsaturated/α-hetero) is 1. The molecule has 2 rings (SSSR count). The summed E-state index contributed by atoms with van der Waals surface area (Å²) in [5.74, 6) is -1.68. The monoisotopic (exact) mass is 380 g/mol. The fraction of sp³-hybridized carbons (Fsp3) is 0.444. The lowest BCUT2D eigenvalue weighted by Crippen LogP contribution is -2.43. The second-order valence-corrected chi connectivity index (χ2v) is 6.58. The van der Waals surface area contributed by atoms with Crippen molar-refractivity contribution in [3.63, 3.8) is 0 Å². The van der Waals surface area contributed by atoms with Crippen LogP contribution in [0.2, 0.25) is 5.02 Å². The molecule has 2 N–H and O–H groups in total. The molecule has 0 saturated carbocycles. The first-order chi connectivity index (χ1) is 12.4. The predicted molar refractivity (Wildman–Crippen MR) is 94.5 cm³/mol. The van der Waals surface area contributed by atoms with Gasteiger partial charge in [0.1, 0.15) is 0 Å². The van der Waals surface area contributed by atoms with Crippen LogP contribution < -0.4 is 5.73 Å². The van der Waals surface area contributed by atoms with Crippen LogP contribution in [0.5, 0.6) is 0 Å². The number of primary amides is 1. The van der Waals surface area contributed by atoms with Crippen LogP contribution in [0.1, 0.15) is 36.0 Å². The van der Waals surface area contributed by atoms with E-state index in [-0.39, 0.29) is 43.0 Å². The van der Waals surface area contributed by atoms with Crippen LogP contribution in [0.25, 0.3) is 0 Å². The van der Waals surface area contributed by atoms with Crippen LogP contribution in [0, 0.1) is 5.92 Å². The summed E-state index contributed by atoms with van der Waals surface area (Å²) in [6.07, 6.45) is 0.937. The molecule has 8 heteroatoms. The molecule has 0 aromatic heterocycles. The number of hydrogen-bond acceptors (Lipinski definition) is 5. The second kappa shape index (κ2) is 9.33. The molecule has 0 unspecified atom stereocenters. The molecule has 1 aromatic carbocycles. The Morgan fingerprint density at radius 2 is 1.69 bits per heavy atom. The summed E-state index contributed by atoms with van der Waals surface area (Å²) in [5, 5.41) is 0.527. The van der Waals surface area contributed by atoms with Crippen LogP contribution in [0.4, 0.5) is 0 Å². The van der Waals surface area contributed by atoms with Crippen LogP contribution >= 0.6 is 11.6 Å². The Kier molecular flexibility index (Phi) is 7.15. The van der Waals surface area contributed by atoms with Gasteiger partial charge in [-0.25, -0.2) is 0 Å². The van der Waals surface area contributed by atoms with Gasteiger partial charge in [-0.2, -0.15) is 0 Å². The Balaban J connectivity index is 1.68. The van der Waals surface area contributed by atoms with E-state index in [2.05, 4.69) is 0 Å². The normalized spacial score (nSPS) is 14.7. The highest BCUT2D eigenvalue weighted by Gasteiger charge is 2.26. The minimum atomic E-state index is -0.604. The van der Waals surface area contributed by atoms with Crippen molar-refractivity contribution in [3.05, 3.63) is 34.9 Å². The first kappa shape index (κ1) is 19.9. The van der Waals surface area contributed by atoms with Gasteiger partial charge < -0.3 is 15.4 Å². The summed E-state index contributed by atoms with van der Waals surface area (Å²) in [6.45, 7) is 0.466. The molecule has 0 radical (unpaired) electrons. The molecule has 1 saturated heterocycles. The van der Waals surface area contributed by atoms with E-state index < -0.39 is 5.97 Å². The number of nitrogens with zero attached hydrogens (tertiary/aromatic N) is 1. The average molecular weight is 381 g/mol. The number of amides is 2. The van der Waals surface area contributed by atoms with E-state index in [4.69, 9.17) is 22.1 Å². The van der Waals surface area contributed by atoms with Crippen molar-refractivity contribution in [2.75, 3.05) is 19.7 Å². The van der Waals surface area contributed by atoms with Crippen molar-refractivity contribution >= 4 is 35.2 Å². The van der Waals surface area contributed by atoms with Gasteiger partial charge in [0.15, 0.2) is 12.4 Å². The zero-order valence-corrected chi connectivity index (χ0v) is 15.0. The number of piperidine rings is 1. The molecule has 140 valence electrons. The van der Waals surface area contributed by atoms with Crippen LogP contribution in [-0.4, -0.2) is 48.2 Å². The fourth-order valence-electron chi connectivity index (χ4n) is 2.71. The maximum atomic E-state index is 12.0. The number of carbonyl (C=O) groups is 4. The Morgan fingerprint density at radius 1 is 1.08 bits per heavy atom. The Labute approximate surface area is 156 Å². The summed E-state index contributed by atoms with van der Waals surface area (Å²) in [7, 11) is 0. The number of carbonyl (C=O) groups excluding carboxylic acids is 4. The largest absolute Gasteiger partial charge is 0.456 e. The molecule has 1 aliphatic heterocycles. The zero-order chi connectivity index (χ0) is 19.1. The van der Waals surface area contributed by atoms with E-state index in [1.54, 1.807) is 29.2 Å². The predicted octanol–water partition coefficient (Wildman–Crippen LogP) is 1.57. The Morgan fingerprint density at radius 3 is 2.27 bits per heavy atom. The lowest BCUT2D eigenvalue weighted by Gasteiger charge is -2.30. The maximum absolute atomic E-state index is 12.0. The van der Waals surface area contributed by atoms with E-state index in [1.807, 2.05) is 0 Å². The van der Waals surface area contributed by atoms with Gasteiger partial charge in [0.2, 0.25) is 5.91 Å². The number of ether oxygens (including phenoxy) is 1. The minimum absolute atomic E-state index is 0.00133. The topological polar surface area (TPSA) is 107 Å². The average Bonchev–Trinajstić information content (AvgIpc) is 2.64. The summed E-state index contributed by atoms with van der Waals surface area (Å²) >= 11 is 5.76. The van der Waals surface area contributed by atoms with Crippen molar-refractivity contribution in [3.8, 4) is 0 Å². The lowest BCUT2D eigenvalue weighted by atomic mass is 9.96. The summed E-state index contributed by atoms with van der Waals surface area (Å²) in [5.41, 5.74) is 5.72. The third-order valence-corrected chi connectivity index (χ3v) is 4.58. The highest BCUT2D eigenvalue weighted by atomic mass is 35.5. The zero-order valence-electron chi connectivity index (χ0n) is 14.3. The van der Waals surface area contributed by atoms with Crippen molar-refractivity contribution in [2.24, 2.45) is 11.7 Å². The summed E-state index contributed by atoms with van der Waals surface area (Å²) in [6, 6.07) is 6.39. The van der Waals surface area contributed by atoms with E-state index >= 15 is 0 Å². The maximum Gasteiger partial charge on any atom is 0.306 e. The molecular weight excluding hydrogens is 360 g/mol. The van der Waals surface area contributed by atoms with Crippen molar-refractivity contribution in [1.29, 1.82) is 0 Å². The summed E-state index contributed by atoms with van der Waals surface area (Å²) in [4.78, 5) is 48.4. The molecule has 7 nitrogen and oxygen atoms in total. The Hall–Kier alpha value is -2.41. The number of esters is 1. The molecule has 0 spiro atoms.